The van der Waals surface area contributed by atoms with Gasteiger partial charge in [-0.15, -0.1) is 0 Å². The molecule has 0 saturated heterocycles. The summed E-state index contributed by atoms with van der Waals surface area (Å²) in [5.41, 5.74) is -1.45. The van der Waals surface area contributed by atoms with Gasteiger partial charge in [0.2, 0.25) is 0 Å². The molecule has 8 aromatic rings. The molecule has 0 aliphatic heterocycles. The number of halogens is 6. The lowest BCUT2D eigenvalue weighted by Crippen LogP contribution is -2.13. The summed E-state index contributed by atoms with van der Waals surface area (Å²) in [5, 5.41) is 22.0. The molecule has 242 valence electrons. The van der Waals surface area contributed by atoms with Crippen molar-refractivity contribution < 1.29 is 26.3 Å². The molecule has 6 aromatic carbocycles. The fourth-order valence-corrected chi connectivity index (χ4v) is 7.19. The van der Waals surface area contributed by atoms with E-state index >= 15 is 0 Å². The molecule has 10 heteroatoms. The summed E-state index contributed by atoms with van der Waals surface area (Å²) >= 11 is 0. The van der Waals surface area contributed by atoms with E-state index in [0.717, 1.165) is 12.1 Å². The average molecular weight is 671 g/mol. The molecule has 0 aliphatic carbocycles. The zero-order valence-electron chi connectivity index (χ0n) is 25.6. The van der Waals surface area contributed by atoms with E-state index in [1.165, 1.54) is 24.3 Å². The number of benzene rings is 6. The van der Waals surface area contributed by atoms with Gasteiger partial charge in [-0.3, -0.25) is 0 Å². The minimum atomic E-state index is -4.87. The number of aromatic nitrogens is 2. The Hall–Kier alpha value is -6.52. The molecule has 0 amide bonds. The zero-order chi connectivity index (χ0) is 34.9. The van der Waals surface area contributed by atoms with Crippen LogP contribution in [0.15, 0.2) is 121 Å². The monoisotopic (exact) mass is 670 g/mol. The van der Waals surface area contributed by atoms with Crippen LogP contribution in [0.5, 0.6) is 0 Å². The molecule has 4 nitrogen and oxygen atoms in total. The molecule has 50 heavy (non-hydrogen) atoms. The topological polar surface area (TPSA) is 57.4 Å². The van der Waals surface area contributed by atoms with Gasteiger partial charge in [-0.05, 0) is 35.4 Å². The number of fused-ring (bicyclic) bond motifs is 6. The fourth-order valence-electron chi connectivity index (χ4n) is 7.19. The number of nitriles is 2. The zero-order valence-corrected chi connectivity index (χ0v) is 25.6. The van der Waals surface area contributed by atoms with E-state index in [1.54, 1.807) is 94.3 Å². The second kappa shape index (κ2) is 11.0. The molecule has 0 bridgehead atoms. The Balaban J connectivity index is 1.62. The number of nitrogens with zero attached hydrogens (tertiary/aromatic N) is 4. The summed E-state index contributed by atoms with van der Waals surface area (Å²) in [6.45, 7) is 0. The third-order valence-corrected chi connectivity index (χ3v) is 9.06. The van der Waals surface area contributed by atoms with Gasteiger partial charge in [-0.25, -0.2) is 9.35 Å². The molecule has 0 aliphatic rings. The van der Waals surface area contributed by atoms with Crippen LogP contribution in [0.3, 0.4) is 0 Å². The predicted octanol–water partition coefficient (Wildman–Crippen LogP) is 11.3. The van der Waals surface area contributed by atoms with E-state index in [0.29, 0.717) is 43.6 Å². The van der Waals surface area contributed by atoms with Crippen molar-refractivity contribution >= 4 is 43.6 Å². The van der Waals surface area contributed by atoms with E-state index in [-0.39, 0.29) is 22.3 Å². The van der Waals surface area contributed by atoms with Crippen LogP contribution in [0.1, 0.15) is 22.3 Å². The second-order valence-electron chi connectivity index (χ2n) is 11.7. The standard InChI is InChI=1S/C40H20F6N4/c41-39(42,43)35-23(21-47)9-5-13-27(35)31-17-7-15-29-25-11-1-3-19-33(25)49(37(29)31)50-34-20-4-2-12-26(34)30-16-8-18-32(38(30)50)28-14-6-10-24(22-48)36(28)40(44,45)46/h1-20H. The highest BCUT2D eigenvalue weighted by atomic mass is 19.4. The Morgan fingerprint density at radius 2 is 0.740 bits per heavy atom. The van der Waals surface area contributed by atoms with Gasteiger partial charge < -0.3 is 0 Å². The van der Waals surface area contributed by atoms with E-state index in [1.807, 2.05) is 12.1 Å². The first-order valence-electron chi connectivity index (χ1n) is 15.3. The second-order valence-corrected chi connectivity index (χ2v) is 11.7. The van der Waals surface area contributed by atoms with E-state index in [4.69, 9.17) is 0 Å². The van der Waals surface area contributed by atoms with Crippen molar-refractivity contribution in [2.24, 2.45) is 0 Å². The van der Waals surface area contributed by atoms with Crippen molar-refractivity contribution in [1.82, 2.24) is 9.35 Å². The molecule has 0 saturated carbocycles. The lowest BCUT2D eigenvalue weighted by atomic mass is 9.93. The van der Waals surface area contributed by atoms with Crippen LogP contribution in [0.4, 0.5) is 26.3 Å². The first-order chi connectivity index (χ1) is 24.0. The minimum absolute atomic E-state index is 0.175. The molecule has 0 spiro atoms. The lowest BCUT2D eigenvalue weighted by Gasteiger charge is -2.20. The van der Waals surface area contributed by atoms with E-state index in [9.17, 15) is 36.9 Å². The number of hydrogen-bond donors (Lipinski definition) is 0. The van der Waals surface area contributed by atoms with Crippen molar-refractivity contribution in [2.45, 2.75) is 12.4 Å². The Morgan fingerprint density at radius 3 is 1.12 bits per heavy atom. The third kappa shape index (κ3) is 4.46. The Bertz CT molecular complexity index is 2580. The van der Waals surface area contributed by atoms with Crippen LogP contribution in [0, 0.1) is 22.7 Å². The first-order valence-corrected chi connectivity index (χ1v) is 15.3. The van der Waals surface area contributed by atoms with Crippen LogP contribution >= 0.6 is 0 Å². The molecule has 0 atom stereocenters. The molecule has 2 aromatic heterocycles. The van der Waals surface area contributed by atoms with E-state index < -0.39 is 34.6 Å². The summed E-state index contributed by atoms with van der Waals surface area (Å²) in [4.78, 5) is 0. The molecule has 0 fully saturated rings. The number of hydrogen-bond acceptors (Lipinski definition) is 2. The summed E-state index contributed by atoms with van der Waals surface area (Å²) in [5.74, 6) is 0. The van der Waals surface area contributed by atoms with Crippen LogP contribution in [0.2, 0.25) is 0 Å². The van der Waals surface area contributed by atoms with Gasteiger partial charge in [0, 0.05) is 32.7 Å². The van der Waals surface area contributed by atoms with Gasteiger partial charge in [0.25, 0.3) is 0 Å². The van der Waals surface area contributed by atoms with Crippen molar-refractivity contribution in [1.29, 1.82) is 10.5 Å². The molecule has 2 heterocycles. The van der Waals surface area contributed by atoms with Crippen molar-refractivity contribution in [3.63, 3.8) is 0 Å². The van der Waals surface area contributed by atoms with Crippen LogP contribution in [0.25, 0.3) is 65.9 Å². The summed E-state index contributed by atoms with van der Waals surface area (Å²) < 4.78 is 91.9. The van der Waals surface area contributed by atoms with Crippen LogP contribution in [-0.2, 0) is 12.4 Å². The summed E-state index contributed by atoms with van der Waals surface area (Å²) in [6.07, 6.45) is -9.75. The summed E-state index contributed by atoms with van der Waals surface area (Å²) in [7, 11) is 0. The highest BCUT2D eigenvalue weighted by Gasteiger charge is 2.39. The van der Waals surface area contributed by atoms with Crippen molar-refractivity contribution in [2.75, 3.05) is 0 Å². The highest BCUT2D eigenvalue weighted by molar-refractivity contribution is 6.16. The SMILES string of the molecule is N#Cc1cccc(-c2cccc3c4ccccc4n(-n4c5ccccc5c5cccc(-c6cccc(C#N)c6C(F)(F)F)c54)c23)c1C(F)(F)F. The van der Waals surface area contributed by atoms with Gasteiger partial charge in [0.15, 0.2) is 0 Å². The number of rotatable bonds is 3. The van der Waals surface area contributed by atoms with Gasteiger partial charge in [-0.1, -0.05) is 97.1 Å². The Morgan fingerprint density at radius 1 is 0.400 bits per heavy atom. The fraction of sp³-hybridized carbons (Fsp3) is 0.0500. The maximum atomic E-state index is 14.7. The van der Waals surface area contributed by atoms with Gasteiger partial charge in [-0.2, -0.15) is 36.9 Å². The van der Waals surface area contributed by atoms with E-state index in [2.05, 4.69) is 0 Å². The smallest absolute Gasteiger partial charge is 0.247 e. The lowest BCUT2D eigenvalue weighted by molar-refractivity contribution is -0.138. The quantitative estimate of drug-likeness (QED) is 0.176. The molecule has 0 radical (unpaired) electrons. The third-order valence-electron chi connectivity index (χ3n) is 9.06. The first kappa shape index (κ1) is 30.8. The Kier molecular flexibility index (Phi) is 6.78. The maximum absolute atomic E-state index is 14.7. The Labute approximate surface area is 279 Å². The summed E-state index contributed by atoms with van der Waals surface area (Å²) in [6, 6.07) is 35.4. The normalized spacial score (nSPS) is 12.2. The molecular weight excluding hydrogens is 650 g/mol. The maximum Gasteiger partial charge on any atom is 0.418 e. The highest BCUT2D eigenvalue weighted by Crippen LogP contribution is 2.47. The molecule has 0 N–H and O–H groups in total. The minimum Gasteiger partial charge on any atom is -0.247 e. The average Bonchev–Trinajstić information content (AvgIpc) is 3.62. The molecule has 8 rings (SSSR count). The van der Waals surface area contributed by atoms with Crippen LogP contribution < -0.4 is 0 Å². The van der Waals surface area contributed by atoms with Gasteiger partial charge in [0.1, 0.15) is 0 Å². The van der Waals surface area contributed by atoms with Gasteiger partial charge >= 0.3 is 12.4 Å². The number of alkyl halides is 6. The molecule has 0 unspecified atom stereocenters. The van der Waals surface area contributed by atoms with Crippen molar-refractivity contribution in [3.8, 4) is 34.4 Å². The van der Waals surface area contributed by atoms with Crippen molar-refractivity contribution in [3.05, 3.63) is 144 Å². The molecular formula is C40H20F6N4. The largest absolute Gasteiger partial charge is 0.418 e. The van der Waals surface area contributed by atoms with Gasteiger partial charge in [0.05, 0.1) is 56.5 Å². The predicted molar refractivity (Wildman–Crippen MR) is 180 cm³/mol. The van der Waals surface area contributed by atoms with Crippen LogP contribution in [-0.4, -0.2) is 9.35 Å². The number of para-hydroxylation sites is 4.